The Kier molecular flexibility index (Phi) is 5.44. The number of rotatable bonds is 7. The van der Waals surface area contributed by atoms with Gasteiger partial charge in [-0.25, -0.2) is 0 Å². The van der Waals surface area contributed by atoms with Crippen molar-refractivity contribution in [2.75, 3.05) is 40.5 Å². The summed E-state index contributed by atoms with van der Waals surface area (Å²) in [6.07, 6.45) is 0.379. The van der Waals surface area contributed by atoms with Crippen molar-refractivity contribution in [1.29, 1.82) is 0 Å². The van der Waals surface area contributed by atoms with Gasteiger partial charge in [0, 0.05) is 20.2 Å². The van der Waals surface area contributed by atoms with Gasteiger partial charge in [0.25, 0.3) is 5.91 Å². The van der Waals surface area contributed by atoms with Gasteiger partial charge in [0.15, 0.2) is 6.61 Å². The van der Waals surface area contributed by atoms with E-state index in [2.05, 4.69) is 0 Å². The van der Waals surface area contributed by atoms with E-state index in [1.54, 1.807) is 31.4 Å². The van der Waals surface area contributed by atoms with E-state index in [0.29, 0.717) is 24.5 Å². The van der Waals surface area contributed by atoms with Gasteiger partial charge in [0.05, 0.1) is 13.7 Å². The van der Waals surface area contributed by atoms with Crippen molar-refractivity contribution in [3.8, 4) is 11.5 Å². The van der Waals surface area contributed by atoms with Crippen molar-refractivity contribution in [3.63, 3.8) is 0 Å². The number of carboxylic acid groups (broad SMARTS) is 1. The second-order valence-corrected chi connectivity index (χ2v) is 5.55. The lowest BCUT2D eigenvalue weighted by atomic mass is 9.88. The first-order valence-corrected chi connectivity index (χ1v) is 7.28. The first-order valence-electron chi connectivity index (χ1n) is 7.28. The minimum Gasteiger partial charge on any atom is -0.497 e. The SMILES string of the molecule is COCC1(C(=O)O)CCN(C(=O)COc2ccc(OC)cc2)C1. The number of ether oxygens (including phenoxy) is 3. The molecule has 1 amide bonds. The van der Waals surface area contributed by atoms with Crippen LogP contribution < -0.4 is 9.47 Å². The molecule has 1 unspecified atom stereocenters. The number of nitrogens with zero attached hydrogens (tertiary/aromatic N) is 1. The fourth-order valence-corrected chi connectivity index (χ4v) is 2.62. The van der Waals surface area contributed by atoms with Gasteiger partial charge in [-0.1, -0.05) is 0 Å². The van der Waals surface area contributed by atoms with Gasteiger partial charge in [0.2, 0.25) is 0 Å². The zero-order valence-corrected chi connectivity index (χ0v) is 13.3. The van der Waals surface area contributed by atoms with Gasteiger partial charge in [-0.2, -0.15) is 0 Å². The number of carboxylic acids is 1. The fraction of sp³-hybridized carbons (Fsp3) is 0.500. The van der Waals surface area contributed by atoms with Crippen LogP contribution >= 0.6 is 0 Å². The summed E-state index contributed by atoms with van der Waals surface area (Å²) in [5.74, 6) is 0.0829. The Morgan fingerprint density at radius 2 is 1.87 bits per heavy atom. The van der Waals surface area contributed by atoms with E-state index in [1.807, 2.05) is 0 Å². The molecule has 7 nitrogen and oxygen atoms in total. The van der Waals surface area contributed by atoms with E-state index in [-0.39, 0.29) is 25.7 Å². The van der Waals surface area contributed by atoms with Crippen molar-refractivity contribution < 1.29 is 28.9 Å². The maximum atomic E-state index is 12.2. The quantitative estimate of drug-likeness (QED) is 0.806. The Labute approximate surface area is 134 Å². The van der Waals surface area contributed by atoms with Crippen LogP contribution in [0.5, 0.6) is 11.5 Å². The molecule has 23 heavy (non-hydrogen) atoms. The number of hydrogen-bond acceptors (Lipinski definition) is 5. The topological polar surface area (TPSA) is 85.3 Å². The highest BCUT2D eigenvalue weighted by Gasteiger charge is 2.46. The number of methoxy groups -OCH3 is 2. The van der Waals surface area contributed by atoms with Gasteiger partial charge in [0.1, 0.15) is 16.9 Å². The third kappa shape index (κ3) is 3.92. The Hall–Kier alpha value is -2.28. The average Bonchev–Trinajstić information content (AvgIpc) is 2.99. The maximum Gasteiger partial charge on any atom is 0.313 e. The van der Waals surface area contributed by atoms with Gasteiger partial charge in [-0.3, -0.25) is 9.59 Å². The molecule has 1 atom stereocenters. The summed E-state index contributed by atoms with van der Waals surface area (Å²) >= 11 is 0. The third-order valence-corrected chi connectivity index (χ3v) is 4.00. The molecule has 0 aromatic heterocycles. The van der Waals surface area contributed by atoms with Crippen molar-refractivity contribution in [2.45, 2.75) is 6.42 Å². The number of carbonyl (C=O) groups excluding carboxylic acids is 1. The molecule has 1 aromatic carbocycles. The summed E-state index contributed by atoms with van der Waals surface area (Å²) in [4.78, 5) is 25.2. The van der Waals surface area contributed by atoms with E-state index in [0.717, 1.165) is 0 Å². The van der Waals surface area contributed by atoms with Crippen LogP contribution in [0.4, 0.5) is 0 Å². The minimum absolute atomic E-state index is 0.0887. The monoisotopic (exact) mass is 323 g/mol. The van der Waals surface area contributed by atoms with Gasteiger partial charge in [-0.05, 0) is 30.7 Å². The molecule has 1 aliphatic heterocycles. The maximum absolute atomic E-state index is 12.2. The molecule has 0 bridgehead atoms. The normalized spacial score (nSPS) is 20.3. The molecule has 7 heteroatoms. The van der Waals surface area contributed by atoms with Crippen molar-refractivity contribution in [1.82, 2.24) is 4.90 Å². The molecule has 1 heterocycles. The van der Waals surface area contributed by atoms with Crippen LogP contribution in [0.25, 0.3) is 0 Å². The molecule has 1 saturated heterocycles. The largest absolute Gasteiger partial charge is 0.497 e. The van der Waals surface area contributed by atoms with Crippen LogP contribution in [0.2, 0.25) is 0 Å². The van der Waals surface area contributed by atoms with Gasteiger partial charge >= 0.3 is 5.97 Å². The lowest BCUT2D eigenvalue weighted by Gasteiger charge is -2.23. The Morgan fingerprint density at radius 3 is 2.43 bits per heavy atom. The molecule has 1 aliphatic rings. The van der Waals surface area contributed by atoms with E-state index in [9.17, 15) is 14.7 Å². The van der Waals surface area contributed by atoms with E-state index in [4.69, 9.17) is 14.2 Å². The van der Waals surface area contributed by atoms with E-state index < -0.39 is 11.4 Å². The fourth-order valence-electron chi connectivity index (χ4n) is 2.62. The average molecular weight is 323 g/mol. The molecular weight excluding hydrogens is 302 g/mol. The molecule has 0 saturated carbocycles. The van der Waals surface area contributed by atoms with Crippen LogP contribution in [0.1, 0.15) is 6.42 Å². The number of hydrogen-bond donors (Lipinski definition) is 1. The predicted molar refractivity (Wildman–Crippen MR) is 81.6 cm³/mol. The standard InChI is InChI=1S/C16H21NO6/c1-21-11-16(15(19)20)7-8-17(10-16)14(18)9-23-13-5-3-12(22-2)4-6-13/h3-6H,7-11H2,1-2H3,(H,19,20). The first-order chi connectivity index (χ1) is 11.0. The minimum atomic E-state index is -1.02. The van der Waals surface area contributed by atoms with Crippen molar-refractivity contribution in [2.24, 2.45) is 5.41 Å². The lowest BCUT2D eigenvalue weighted by molar-refractivity contribution is -0.151. The number of likely N-dealkylation sites (tertiary alicyclic amines) is 1. The zero-order chi connectivity index (χ0) is 16.9. The number of amides is 1. The molecule has 1 N–H and O–H groups in total. The molecule has 1 aromatic rings. The highest BCUT2D eigenvalue weighted by molar-refractivity contribution is 5.81. The molecule has 0 aliphatic carbocycles. The van der Waals surface area contributed by atoms with Crippen molar-refractivity contribution in [3.05, 3.63) is 24.3 Å². The van der Waals surface area contributed by atoms with Crippen LogP contribution in [-0.2, 0) is 14.3 Å². The second-order valence-electron chi connectivity index (χ2n) is 5.55. The first kappa shape index (κ1) is 17.1. The van der Waals surface area contributed by atoms with Gasteiger partial charge in [-0.15, -0.1) is 0 Å². The van der Waals surface area contributed by atoms with Crippen LogP contribution in [0.3, 0.4) is 0 Å². The summed E-state index contributed by atoms with van der Waals surface area (Å²) in [6, 6.07) is 6.90. The summed E-state index contributed by atoms with van der Waals surface area (Å²) < 4.78 is 15.5. The smallest absolute Gasteiger partial charge is 0.313 e. The Bertz CT molecular complexity index is 558. The second kappa shape index (κ2) is 7.32. The Morgan fingerprint density at radius 1 is 1.22 bits per heavy atom. The predicted octanol–water partition coefficient (Wildman–Crippen LogP) is 1.02. The molecule has 0 radical (unpaired) electrons. The summed E-state index contributed by atoms with van der Waals surface area (Å²) in [6.45, 7) is 0.488. The highest BCUT2D eigenvalue weighted by Crippen LogP contribution is 2.31. The number of carbonyl (C=O) groups is 2. The lowest BCUT2D eigenvalue weighted by Crippen LogP contribution is -2.41. The molecule has 126 valence electrons. The third-order valence-electron chi connectivity index (χ3n) is 4.00. The molecule has 2 rings (SSSR count). The van der Waals surface area contributed by atoms with Gasteiger partial charge < -0.3 is 24.2 Å². The van der Waals surface area contributed by atoms with Crippen LogP contribution in [0.15, 0.2) is 24.3 Å². The molecule has 1 fully saturated rings. The van der Waals surface area contributed by atoms with E-state index in [1.165, 1.54) is 12.0 Å². The number of benzene rings is 1. The Balaban J connectivity index is 1.90. The van der Waals surface area contributed by atoms with Crippen LogP contribution in [0, 0.1) is 5.41 Å². The van der Waals surface area contributed by atoms with Crippen molar-refractivity contribution >= 4 is 11.9 Å². The summed E-state index contributed by atoms with van der Waals surface area (Å²) in [5.41, 5.74) is -1.02. The summed E-state index contributed by atoms with van der Waals surface area (Å²) in [7, 11) is 3.03. The highest BCUT2D eigenvalue weighted by atomic mass is 16.5. The number of aliphatic carboxylic acids is 1. The van der Waals surface area contributed by atoms with E-state index >= 15 is 0 Å². The van der Waals surface area contributed by atoms with Crippen LogP contribution in [-0.4, -0.2) is 62.4 Å². The summed E-state index contributed by atoms with van der Waals surface area (Å²) in [5, 5.41) is 9.39. The molecule has 0 spiro atoms. The molecular formula is C16H21NO6. The zero-order valence-electron chi connectivity index (χ0n) is 13.3.